The maximum Gasteiger partial charge on any atom is 0.274 e. The normalized spacial score (nSPS) is 14.5. The number of pyridine rings is 1. The molecule has 0 aliphatic carbocycles. The number of aromatic nitrogens is 1. The average Bonchev–Trinajstić information content (AvgIpc) is 2.78. The fourth-order valence-corrected chi connectivity index (χ4v) is 3.93. The lowest BCUT2D eigenvalue weighted by molar-refractivity contribution is -0.914. The maximum atomic E-state index is 12.5. The second-order valence-electron chi connectivity index (χ2n) is 7.78. The van der Waals surface area contributed by atoms with Crippen LogP contribution in [0.3, 0.4) is 0 Å². The number of halogens is 1. The van der Waals surface area contributed by atoms with Gasteiger partial charge in [0.15, 0.2) is 0 Å². The number of hydrogen-bond acceptors (Lipinski definition) is 2. The molecule has 2 aromatic carbocycles. The monoisotopic (exact) mass is 422 g/mol. The lowest BCUT2D eigenvalue weighted by atomic mass is 10.1. The molecule has 0 unspecified atom stereocenters. The van der Waals surface area contributed by atoms with Crippen molar-refractivity contribution in [1.82, 2.24) is 0 Å². The van der Waals surface area contributed by atoms with Crippen LogP contribution < -0.4 is 20.1 Å². The molecule has 0 spiro atoms. The van der Waals surface area contributed by atoms with Crippen LogP contribution in [-0.2, 0) is 6.54 Å². The number of carbonyl (C=O) groups excluding carboxylic acids is 1. The fourth-order valence-electron chi connectivity index (χ4n) is 3.81. The highest BCUT2D eigenvalue weighted by atomic mass is 35.5. The van der Waals surface area contributed by atoms with E-state index in [2.05, 4.69) is 39.5 Å². The third-order valence-corrected chi connectivity index (χ3v) is 6.01. The summed E-state index contributed by atoms with van der Waals surface area (Å²) < 4.78 is 0. The fraction of sp³-hybridized carbons (Fsp3) is 0.250. The molecule has 0 bridgehead atoms. The van der Waals surface area contributed by atoms with Gasteiger partial charge in [0.05, 0.1) is 6.20 Å². The van der Waals surface area contributed by atoms with Crippen molar-refractivity contribution in [3.8, 4) is 0 Å². The van der Waals surface area contributed by atoms with E-state index in [1.165, 1.54) is 11.4 Å². The molecule has 1 saturated heterocycles. The van der Waals surface area contributed by atoms with Crippen molar-refractivity contribution >= 4 is 29.0 Å². The number of H-pyrrole nitrogens is 1. The van der Waals surface area contributed by atoms with E-state index in [1.54, 1.807) is 11.0 Å². The molecule has 30 heavy (non-hydrogen) atoms. The third kappa shape index (κ3) is 4.99. The van der Waals surface area contributed by atoms with Crippen LogP contribution in [0.15, 0.2) is 66.9 Å². The number of piperazine rings is 1. The molecule has 1 aliphatic rings. The van der Waals surface area contributed by atoms with Crippen LogP contribution >= 0.6 is 11.6 Å². The van der Waals surface area contributed by atoms with Crippen molar-refractivity contribution in [3.63, 3.8) is 0 Å². The maximum absolute atomic E-state index is 12.5. The topological polar surface area (TPSA) is 50.9 Å². The summed E-state index contributed by atoms with van der Waals surface area (Å²) in [7, 11) is 0. The number of anilines is 2. The van der Waals surface area contributed by atoms with Gasteiger partial charge in [0.2, 0.25) is 0 Å². The van der Waals surface area contributed by atoms with Crippen molar-refractivity contribution in [2.45, 2.75) is 13.5 Å². The molecule has 1 fully saturated rings. The number of aryl methyl sites for hydroxylation is 1. The number of benzene rings is 2. The smallest absolute Gasteiger partial charge is 0.274 e. The van der Waals surface area contributed by atoms with Crippen molar-refractivity contribution < 1.29 is 14.7 Å². The highest BCUT2D eigenvalue weighted by Crippen LogP contribution is 2.20. The second-order valence-corrected chi connectivity index (χ2v) is 8.18. The number of rotatable bonds is 5. The molecule has 3 aromatic rings. The summed E-state index contributed by atoms with van der Waals surface area (Å²) in [5, 5.41) is 3.63. The highest BCUT2D eigenvalue weighted by Gasteiger charge is 2.25. The highest BCUT2D eigenvalue weighted by molar-refractivity contribution is 6.31. The van der Waals surface area contributed by atoms with Crippen molar-refractivity contribution in [3.05, 3.63) is 88.6 Å². The summed E-state index contributed by atoms with van der Waals surface area (Å²) in [4.78, 5) is 19.8. The van der Waals surface area contributed by atoms with Gasteiger partial charge in [0, 0.05) is 27.9 Å². The van der Waals surface area contributed by atoms with Gasteiger partial charge in [-0.05, 0) is 48.9 Å². The van der Waals surface area contributed by atoms with Gasteiger partial charge in [-0.1, -0.05) is 29.8 Å². The number of hydrogen-bond donors (Lipinski definition) is 2. The lowest BCUT2D eigenvalue weighted by Crippen LogP contribution is -3.13. The Morgan fingerprint density at radius 1 is 1.10 bits per heavy atom. The molecule has 1 aliphatic heterocycles. The van der Waals surface area contributed by atoms with E-state index in [-0.39, 0.29) is 5.91 Å². The zero-order chi connectivity index (χ0) is 20.9. The van der Waals surface area contributed by atoms with E-state index >= 15 is 0 Å². The first kappa shape index (κ1) is 20.4. The molecule has 154 valence electrons. The first-order valence-electron chi connectivity index (χ1n) is 10.3. The third-order valence-electron chi connectivity index (χ3n) is 5.59. The van der Waals surface area contributed by atoms with E-state index in [9.17, 15) is 4.79 Å². The van der Waals surface area contributed by atoms with Gasteiger partial charge in [0.25, 0.3) is 11.7 Å². The molecule has 6 heteroatoms. The molecule has 2 heterocycles. The first-order chi connectivity index (χ1) is 14.6. The van der Waals surface area contributed by atoms with Gasteiger partial charge >= 0.3 is 0 Å². The summed E-state index contributed by atoms with van der Waals surface area (Å²) >= 11 is 6.05. The van der Waals surface area contributed by atoms with Crippen LogP contribution in [-0.4, -0.2) is 32.1 Å². The Morgan fingerprint density at radius 3 is 2.53 bits per heavy atom. The van der Waals surface area contributed by atoms with Gasteiger partial charge in [-0.15, -0.1) is 0 Å². The Labute approximate surface area is 182 Å². The van der Waals surface area contributed by atoms with E-state index in [0.717, 1.165) is 44.0 Å². The van der Waals surface area contributed by atoms with Crippen LogP contribution in [0.2, 0.25) is 5.02 Å². The number of nitrogens with zero attached hydrogens (tertiary/aromatic N) is 1. The summed E-state index contributed by atoms with van der Waals surface area (Å²) in [6.07, 6.45) is 1.97. The summed E-state index contributed by atoms with van der Waals surface area (Å²) in [6.45, 7) is 7.17. The SMILES string of the molecule is Cc1cc(NC(=O)c2ccc(C[NH+]3CCN(c4cccc[nH+]4)CC3)cc2)ccc1Cl. The van der Waals surface area contributed by atoms with E-state index in [0.29, 0.717) is 10.6 Å². The number of aromatic amines is 1. The Kier molecular flexibility index (Phi) is 6.31. The largest absolute Gasteiger partial charge is 0.325 e. The summed E-state index contributed by atoms with van der Waals surface area (Å²) in [5.41, 5.74) is 3.61. The molecular weight excluding hydrogens is 396 g/mol. The predicted molar refractivity (Wildman–Crippen MR) is 120 cm³/mol. The standard InChI is InChI=1S/C24H25ClN4O/c1-18-16-21(9-10-22(18)25)27-24(30)20-7-5-19(6-8-20)17-28-12-14-29(15-13-28)23-4-2-3-11-26-23/h2-11,16H,12-15,17H2,1H3,(H,27,30)/p+2. The minimum Gasteiger partial charge on any atom is -0.325 e. The molecule has 0 radical (unpaired) electrons. The van der Waals surface area contributed by atoms with Gasteiger partial charge in [-0.3, -0.25) is 9.69 Å². The van der Waals surface area contributed by atoms with Crippen LogP contribution in [0, 0.1) is 6.92 Å². The molecule has 5 nitrogen and oxygen atoms in total. The van der Waals surface area contributed by atoms with Crippen molar-refractivity contribution in [2.75, 3.05) is 36.4 Å². The van der Waals surface area contributed by atoms with Gasteiger partial charge in [-0.2, -0.15) is 0 Å². The van der Waals surface area contributed by atoms with Gasteiger partial charge in [-0.25, -0.2) is 4.98 Å². The number of carbonyl (C=O) groups is 1. The van der Waals surface area contributed by atoms with E-state index in [1.807, 2.05) is 43.5 Å². The Balaban J connectivity index is 1.30. The Hall–Kier alpha value is -2.89. The van der Waals surface area contributed by atoms with Gasteiger partial charge < -0.3 is 10.2 Å². The minimum absolute atomic E-state index is 0.108. The lowest BCUT2D eigenvalue weighted by Gasteiger charge is -2.28. The van der Waals surface area contributed by atoms with Crippen molar-refractivity contribution in [2.24, 2.45) is 0 Å². The zero-order valence-electron chi connectivity index (χ0n) is 17.1. The summed E-state index contributed by atoms with van der Waals surface area (Å²) in [6, 6.07) is 19.6. The number of amides is 1. The molecule has 0 saturated carbocycles. The molecule has 0 atom stereocenters. The van der Waals surface area contributed by atoms with E-state index < -0.39 is 0 Å². The van der Waals surface area contributed by atoms with Gasteiger partial charge in [0.1, 0.15) is 32.7 Å². The van der Waals surface area contributed by atoms with Crippen molar-refractivity contribution in [1.29, 1.82) is 0 Å². The predicted octanol–water partition coefficient (Wildman–Crippen LogP) is 2.62. The molecule has 1 aromatic heterocycles. The number of quaternary nitrogens is 1. The molecular formula is C24H27ClN4O+2. The molecule has 3 N–H and O–H groups in total. The first-order valence-corrected chi connectivity index (χ1v) is 10.7. The Morgan fingerprint density at radius 2 is 1.87 bits per heavy atom. The quantitative estimate of drug-likeness (QED) is 0.664. The zero-order valence-corrected chi connectivity index (χ0v) is 17.9. The van der Waals surface area contributed by atoms with Crippen LogP contribution in [0.25, 0.3) is 0 Å². The minimum atomic E-state index is -0.108. The van der Waals surface area contributed by atoms with Crippen LogP contribution in [0.5, 0.6) is 0 Å². The second kappa shape index (κ2) is 9.28. The van der Waals surface area contributed by atoms with Crippen LogP contribution in [0.1, 0.15) is 21.5 Å². The number of nitrogens with one attached hydrogen (secondary N) is 3. The summed E-state index contributed by atoms with van der Waals surface area (Å²) in [5.74, 6) is 1.08. The van der Waals surface area contributed by atoms with E-state index in [4.69, 9.17) is 11.6 Å². The molecule has 4 rings (SSSR count). The molecule has 1 amide bonds. The Bertz CT molecular complexity index is 999. The van der Waals surface area contributed by atoms with Crippen LogP contribution in [0.4, 0.5) is 11.5 Å². The average molecular weight is 423 g/mol.